The van der Waals surface area contributed by atoms with Gasteiger partial charge in [0.15, 0.2) is 0 Å². The van der Waals surface area contributed by atoms with Crippen LogP contribution in [0.5, 0.6) is 5.75 Å². The summed E-state index contributed by atoms with van der Waals surface area (Å²) in [5, 5.41) is 0. The first-order valence-electron chi connectivity index (χ1n) is 3.85. The zero-order valence-electron chi connectivity index (χ0n) is 7.97. The molecule has 10 heteroatoms. The highest BCUT2D eigenvalue weighted by Gasteiger charge is 2.18. The lowest BCUT2D eigenvalue weighted by molar-refractivity contribution is -0.120. The van der Waals surface area contributed by atoms with E-state index in [1.165, 1.54) is 0 Å². The van der Waals surface area contributed by atoms with Crippen molar-refractivity contribution in [3.8, 4) is 5.75 Å². The Hall–Kier alpha value is -1.49. The van der Waals surface area contributed by atoms with Crippen LogP contribution >= 0.6 is 0 Å². The second-order valence-electron chi connectivity index (χ2n) is 2.80. The highest BCUT2D eigenvalue weighted by atomic mass is 32.2. The van der Waals surface area contributed by atoms with E-state index in [0.29, 0.717) is 6.07 Å². The van der Waals surface area contributed by atoms with Crippen molar-refractivity contribution in [1.29, 1.82) is 0 Å². The van der Waals surface area contributed by atoms with Gasteiger partial charge in [-0.05, 0) is 6.07 Å². The predicted octanol–water partition coefficient (Wildman–Crippen LogP) is -0.285. The number of hydrogen-bond acceptors (Lipinski definition) is 6. The van der Waals surface area contributed by atoms with Gasteiger partial charge in [-0.2, -0.15) is 16.8 Å². The van der Waals surface area contributed by atoms with Gasteiger partial charge in [-0.25, -0.2) is 0 Å². The molecular weight excluding hydrogens is 276 g/mol. The Morgan fingerprint density at radius 1 is 0.941 bits per heavy atom. The largest absolute Gasteiger partial charge is 0.429 e. The first-order chi connectivity index (χ1) is 7.64. The molecule has 0 aromatic heterocycles. The summed E-state index contributed by atoms with van der Waals surface area (Å²) in [6.07, 6.45) is 0. The van der Waals surface area contributed by atoms with Gasteiger partial charge in [0.2, 0.25) is 0 Å². The van der Waals surface area contributed by atoms with E-state index in [2.05, 4.69) is 4.74 Å². The van der Waals surface area contributed by atoms with Crippen LogP contribution in [0.2, 0.25) is 0 Å². The molecule has 0 saturated heterocycles. The normalized spacial score (nSPS) is 12.1. The predicted molar refractivity (Wildman–Crippen MR) is 52.8 cm³/mol. The molecule has 0 atom stereocenters. The molecule has 8 nitrogen and oxygen atoms in total. The Morgan fingerprint density at radius 3 is 1.65 bits per heavy atom. The van der Waals surface area contributed by atoms with Crippen molar-refractivity contribution in [2.75, 3.05) is 0 Å². The number of benzene rings is 1. The molecule has 0 aliphatic carbocycles. The maximum absolute atomic E-state index is 10.8. The summed E-state index contributed by atoms with van der Waals surface area (Å²) in [6, 6.07) is 1.96. The lowest BCUT2D eigenvalue weighted by atomic mass is 10.3. The zero-order chi connectivity index (χ0) is 13.3. The van der Waals surface area contributed by atoms with Gasteiger partial charge in [0.25, 0.3) is 26.7 Å². The lowest BCUT2D eigenvalue weighted by Crippen LogP contribution is -2.04. The van der Waals surface area contributed by atoms with Crippen molar-refractivity contribution in [3.05, 3.63) is 18.2 Å². The third kappa shape index (κ3) is 3.49. The second kappa shape index (κ2) is 4.41. The SMILES string of the molecule is O=COc1cc(S(=O)(=O)O)cc(S(=O)(=O)O)c1. The molecule has 0 bridgehead atoms. The summed E-state index contributed by atoms with van der Waals surface area (Å²) < 4.78 is 64.9. The van der Waals surface area contributed by atoms with Crippen molar-refractivity contribution in [1.82, 2.24) is 0 Å². The smallest absolute Gasteiger partial charge is 0.298 e. The summed E-state index contributed by atoms with van der Waals surface area (Å²) in [4.78, 5) is 8.39. The molecule has 0 spiro atoms. The van der Waals surface area contributed by atoms with Crippen molar-refractivity contribution >= 4 is 26.7 Å². The van der Waals surface area contributed by atoms with Crippen molar-refractivity contribution in [2.24, 2.45) is 0 Å². The van der Waals surface area contributed by atoms with Gasteiger partial charge in [-0.15, -0.1) is 0 Å². The fraction of sp³-hybridized carbons (Fsp3) is 0. The molecule has 0 fully saturated rings. The molecule has 0 aliphatic rings. The Kier molecular flexibility index (Phi) is 3.52. The third-order valence-electron chi connectivity index (χ3n) is 1.63. The van der Waals surface area contributed by atoms with Gasteiger partial charge in [-0.1, -0.05) is 0 Å². The Morgan fingerprint density at radius 2 is 1.35 bits per heavy atom. The van der Waals surface area contributed by atoms with Gasteiger partial charge >= 0.3 is 0 Å². The van der Waals surface area contributed by atoms with Crippen LogP contribution < -0.4 is 4.74 Å². The molecule has 0 amide bonds. The summed E-state index contributed by atoms with van der Waals surface area (Å²) in [7, 11) is -9.40. The molecule has 0 aliphatic heterocycles. The molecule has 0 unspecified atom stereocenters. The van der Waals surface area contributed by atoms with Crippen LogP contribution in [0.15, 0.2) is 28.0 Å². The molecule has 1 aromatic carbocycles. The average Bonchev–Trinajstić information content (AvgIpc) is 2.15. The van der Waals surface area contributed by atoms with Crippen LogP contribution in [0, 0.1) is 0 Å². The summed E-state index contributed by atoms with van der Waals surface area (Å²) in [6.45, 7) is -0.0725. The van der Waals surface area contributed by atoms with Gasteiger partial charge in [0, 0.05) is 12.1 Å². The first-order valence-corrected chi connectivity index (χ1v) is 6.73. The van der Waals surface area contributed by atoms with Crippen LogP contribution in [0.3, 0.4) is 0 Å². The number of rotatable bonds is 4. The van der Waals surface area contributed by atoms with Gasteiger partial charge in [0.05, 0.1) is 9.79 Å². The molecule has 17 heavy (non-hydrogen) atoms. The number of carbonyl (C=O) groups excluding carboxylic acids is 1. The lowest BCUT2D eigenvalue weighted by Gasteiger charge is -2.04. The van der Waals surface area contributed by atoms with E-state index in [4.69, 9.17) is 9.11 Å². The fourth-order valence-electron chi connectivity index (χ4n) is 0.967. The minimum atomic E-state index is -4.70. The molecule has 1 aromatic rings. The topological polar surface area (TPSA) is 135 Å². The standard InChI is InChI=1S/C7H6O8S2/c8-4-15-5-1-6(16(9,10)11)3-7(2-5)17(12,13)14/h1-4H,(H,9,10,11)(H,12,13,14). The number of carbonyl (C=O) groups is 1. The Labute approximate surface area is 96.3 Å². The minimum Gasteiger partial charge on any atom is -0.429 e. The van der Waals surface area contributed by atoms with Crippen molar-refractivity contribution in [2.45, 2.75) is 9.79 Å². The maximum Gasteiger partial charge on any atom is 0.298 e. The molecule has 94 valence electrons. The van der Waals surface area contributed by atoms with Crippen LogP contribution in [0.25, 0.3) is 0 Å². The average molecular weight is 282 g/mol. The van der Waals surface area contributed by atoms with Crippen molar-refractivity contribution in [3.63, 3.8) is 0 Å². The third-order valence-corrected chi connectivity index (χ3v) is 3.30. The molecule has 0 heterocycles. The molecule has 1 rings (SSSR count). The zero-order valence-corrected chi connectivity index (χ0v) is 9.60. The van der Waals surface area contributed by atoms with E-state index in [1.807, 2.05) is 0 Å². The van der Waals surface area contributed by atoms with Crippen LogP contribution in [0.4, 0.5) is 0 Å². The van der Waals surface area contributed by atoms with Gasteiger partial charge < -0.3 is 4.74 Å². The maximum atomic E-state index is 10.8. The second-order valence-corrected chi connectivity index (χ2v) is 5.65. The monoisotopic (exact) mass is 282 g/mol. The highest BCUT2D eigenvalue weighted by molar-refractivity contribution is 7.86. The van der Waals surface area contributed by atoms with Crippen LogP contribution in [0.1, 0.15) is 0 Å². The quantitative estimate of drug-likeness (QED) is 0.568. The van der Waals surface area contributed by atoms with Gasteiger partial charge in [-0.3, -0.25) is 13.9 Å². The molecule has 0 saturated carbocycles. The number of ether oxygens (including phenoxy) is 1. The van der Waals surface area contributed by atoms with Crippen molar-refractivity contribution < 1.29 is 35.5 Å². The Balaban J connectivity index is 3.56. The fourth-order valence-corrected chi connectivity index (χ4v) is 2.12. The first kappa shape index (κ1) is 13.6. The van der Waals surface area contributed by atoms with E-state index in [9.17, 15) is 21.6 Å². The summed E-state index contributed by atoms with van der Waals surface area (Å²) >= 11 is 0. The van der Waals surface area contributed by atoms with E-state index in [-0.39, 0.29) is 6.47 Å². The molecule has 2 N–H and O–H groups in total. The van der Waals surface area contributed by atoms with E-state index in [1.54, 1.807) is 0 Å². The van der Waals surface area contributed by atoms with E-state index < -0.39 is 35.8 Å². The molecule has 0 radical (unpaired) electrons. The van der Waals surface area contributed by atoms with Crippen LogP contribution in [-0.4, -0.2) is 32.4 Å². The van der Waals surface area contributed by atoms with Gasteiger partial charge in [0.1, 0.15) is 5.75 Å². The number of hydrogen-bond donors (Lipinski definition) is 2. The minimum absolute atomic E-state index is 0.0725. The van der Waals surface area contributed by atoms with E-state index >= 15 is 0 Å². The Bertz CT molecular complexity index is 592. The van der Waals surface area contributed by atoms with Crippen LogP contribution in [-0.2, 0) is 25.0 Å². The summed E-state index contributed by atoms with van der Waals surface area (Å²) in [5.74, 6) is -0.456. The summed E-state index contributed by atoms with van der Waals surface area (Å²) in [5.41, 5.74) is 0. The van der Waals surface area contributed by atoms with E-state index in [0.717, 1.165) is 12.1 Å². The highest BCUT2D eigenvalue weighted by Crippen LogP contribution is 2.23. The molecular formula is C7H6O8S2.